The summed E-state index contributed by atoms with van der Waals surface area (Å²) in [6.07, 6.45) is 3.39. The second-order valence-corrected chi connectivity index (χ2v) is 6.27. The average molecular weight is 410 g/mol. The number of carbonyl (C=O) groups is 1. The molecule has 0 aliphatic heterocycles. The largest absolute Gasteiger partial charge is 0.491 e. The molecule has 1 N–H and O–H groups in total. The van der Waals surface area contributed by atoms with Crippen molar-refractivity contribution in [1.29, 1.82) is 0 Å². The first-order chi connectivity index (χ1) is 14.6. The number of ether oxygens (including phenoxy) is 3. The molecule has 1 heterocycles. The van der Waals surface area contributed by atoms with Crippen molar-refractivity contribution < 1.29 is 23.4 Å². The number of anilines is 1. The monoisotopic (exact) mass is 410 g/mol. The summed E-state index contributed by atoms with van der Waals surface area (Å²) in [6, 6.07) is 12.9. The van der Waals surface area contributed by atoms with Crippen LogP contribution in [0.4, 0.5) is 10.1 Å². The molecule has 0 bridgehead atoms. The normalized spacial score (nSPS) is 10.4. The number of hydrogen-bond donors (Lipinski definition) is 1. The Bertz CT molecular complexity index is 996. The molecule has 0 unspecified atom stereocenters. The van der Waals surface area contributed by atoms with Crippen molar-refractivity contribution in [3.05, 3.63) is 77.9 Å². The van der Waals surface area contributed by atoms with Gasteiger partial charge in [-0.25, -0.2) is 4.39 Å². The van der Waals surface area contributed by atoms with E-state index in [2.05, 4.69) is 10.3 Å². The third-order valence-electron chi connectivity index (χ3n) is 4.14. The van der Waals surface area contributed by atoms with E-state index in [-0.39, 0.29) is 11.7 Å². The number of pyridine rings is 1. The summed E-state index contributed by atoms with van der Waals surface area (Å²) in [5, 5.41) is 2.68. The zero-order valence-electron chi connectivity index (χ0n) is 16.9. The molecule has 0 aliphatic carbocycles. The molecule has 3 aromatic rings. The number of amides is 1. The molecule has 2 aromatic carbocycles. The van der Waals surface area contributed by atoms with Gasteiger partial charge in [-0.2, -0.15) is 0 Å². The molecule has 0 saturated carbocycles. The second kappa shape index (κ2) is 10.2. The molecule has 0 atom stereocenters. The van der Waals surface area contributed by atoms with Gasteiger partial charge in [0.2, 0.25) is 0 Å². The van der Waals surface area contributed by atoms with Gasteiger partial charge in [-0.05, 0) is 61.9 Å². The number of rotatable bonds is 9. The van der Waals surface area contributed by atoms with E-state index in [0.29, 0.717) is 42.6 Å². The molecule has 0 saturated heterocycles. The number of benzene rings is 2. The maximum absolute atomic E-state index is 14.0. The van der Waals surface area contributed by atoms with Crippen LogP contribution in [0.3, 0.4) is 0 Å². The van der Waals surface area contributed by atoms with Crippen LogP contribution in [0.25, 0.3) is 0 Å². The molecule has 7 heteroatoms. The van der Waals surface area contributed by atoms with Gasteiger partial charge in [-0.3, -0.25) is 9.78 Å². The van der Waals surface area contributed by atoms with Crippen molar-refractivity contribution in [1.82, 2.24) is 4.98 Å². The Balaban J connectivity index is 1.72. The van der Waals surface area contributed by atoms with Gasteiger partial charge in [0.1, 0.15) is 6.61 Å². The van der Waals surface area contributed by atoms with Gasteiger partial charge in [0, 0.05) is 29.7 Å². The summed E-state index contributed by atoms with van der Waals surface area (Å²) in [5.74, 6) is 0.198. The summed E-state index contributed by atoms with van der Waals surface area (Å²) in [7, 11) is 0. The van der Waals surface area contributed by atoms with Crippen LogP contribution in [0.5, 0.6) is 17.2 Å². The van der Waals surface area contributed by atoms with Crippen molar-refractivity contribution in [3.8, 4) is 17.2 Å². The van der Waals surface area contributed by atoms with Crippen LogP contribution >= 0.6 is 0 Å². The minimum absolute atomic E-state index is 0.143. The lowest BCUT2D eigenvalue weighted by molar-refractivity contribution is 0.102. The van der Waals surface area contributed by atoms with Crippen LogP contribution in [0.2, 0.25) is 0 Å². The molecule has 3 rings (SSSR count). The number of hydrogen-bond acceptors (Lipinski definition) is 5. The first-order valence-electron chi connectivity index (χ1n) is 9.63. The lowest BCUT2D eigenvalue weighted by Gasteiger charge is -2.14. The fourth-order valence-electron chi connectivity index (χ4n) is 2.73. The average Bonchev–Trinajstić information content (AvgIpc) is 2.76. The molecule has 0 fully saturated rings. The molecule has 156 valence electrons. The van der Waals surface area contributed by atoms with E-state index in [1.807, 2.05) is 19.1 Å². The van der Waals surface area contributed by atoms with Crippen LogP contribution in [-0.4, -0.2) is 24.1 Å². The van der Waals surface area contributed by atoms with Crippen LogP contribution in [0.1, 0.15) is 29.8 Å². The van der Waals surface area contributed by atoms with Gasteiger partial charge in [0.15, 0.2) is 23.1 Å². The van der Waals surface area contributed by atoms with Gasteiger partial charge >= 0.3 is 0 Å². The van der Waals surface area contributed by atoms with Crippen LogP contribution in [0.15, 0.2) is 60.9 Å². The van der Waals surface area contributed by atoms with Crippen LogP contribution in [-0.2, 0) is 6.61 Å². The van der Waals surface area contributed by atoms with Gasteiger partial charge in [-0.15, -0.1) is 0 Å². The Hall–Kier alpha value is -3.61. The van der Waals surface area contributed by atoms with Crippen molar-refractivity contribution in [2.24, 2.45) is 0 Å². The van der Waals surface area contributed by atoms with E-state index < -0.39 is 5.82 Å². The molecule has 1 aromatic heterocycles. The van der Waals surface area contributed by atoms with E-state index in [1.165, 1.54) is 12.1 Å². The SMILES string of the molecule is CCOc1ccc(NC(=O)c2ccc(OCc3ccncc3)c(OCC)c2)cc1F. The zero-order chi connectivity index (χ0) is 21.3. The van der Waals surface area contributed by atoms with E-state index >= 15 is 0 Å². The summed E-state index contributed by atoms with van der Waals surface area (Å²) < 4.78 is 30.7. The van der Waals surface area contributed by atoms with E-state index in [4.69, 9.17) is 14.2 Å². The molecule has 6 nitrogen and oxygen atoms in total. The molecular formula is C23H23FN2O4. The third-order valence-corrected chi connectivity index (χ3v) is 4.14. The number of halogens is 1. The molecular weight excluding hydrogens is 387 g/mol. The number of carbonyl (C=O) groups excluding carboxylic acids is 1. The van der Waals surface area contributed by atoms with Crippen LogP contribution < -0.4 is 19.5 Å². The van der Waals surface area contributed by atoms with Crippen LogP contribution in [0, 0.1) is 5.82 Å². The first kappa shape index (κ1) is 21.1. The predicted octanol–water partition coefficient (Wildman–Crippen LogP) is 4.85. The Labute approximate surface area is 174 Å². The standard InChI is InChI=1S/C23H23FN2O4/c1-3-28-20-8-6-18(14-19(20)24)26-23(27)17-5-7-21(22(13-17)29-4-2)30-15-16-9-11-25-12-10-16/h5-14H,3-4,15H2,1-2H3,(H,26,27). The highest BCUT2D eigenvalue weighted by atomic mass is 19.1. The molecule has 0 aliphatic rings. The van der Waals surface area contributed by atoms with Gasteiger partial charge in [0.25, 0.3) is 5.91 Å². The highest BCUT2D eigenvalue weighted by Gasteiger charge is 2.13. The lowest BCUT2D eigenvalue weighted by atomic mass is 10.1. The minimum Gasteiger partial charge on any atom is -0.491 e. The smallest absolute Gasteiger partial charge is 0.255 e. The summed E-state index contributed by atoms with van der Waals surface area (Å²) >= 11 is 0. The Morgan fingerprint density at radius 2 is 1.60 bits per heavy atom. The number of nitrogens with one attached hydrogen (secondary N) is 1. The Morgan fingerprint density at radius 3 is 2.30 bits per heavy atom. The summed E-state index contributed by atoms with van der Waals surface area (Å²) in [5.41, 5.74) is 1.66. The molecule has 0 spiro atoms. The van der Waals surface area contributed by atoms with Gasteiger partial charge < -0.3 is 19.5 Å². The molecule has 0 radical (unpaired) electrons. The van der Waals surface area contributed by atoms with Crippen molar-refractivity contribution in [3.63, 3.8) is 0 Å². The highest BCUT2D eigenvalue weighted by molar-refractivity contribution is 6.04. The summed E-state index contributed by atoms with van der Waals surface area (Å²) in [6.45, 7) is 4.75. The topological polar surface area (TPSA) is 69.7 Å². The first-order valence-corrected chi connectivity index (χ1v) is 9.63. The number of nitrogens with zero attached hydrogens (tertiary/aromatic N) is 1. The van der Waals surface area contributed by atoms with Gasteiger partial charge in [-0.1, -0.05) is 0 Å². The van der Waals surface area contributed by atoms with Crippen molar-refractivity contribution in [2.45, 2.75) is 20.5 Å². The predicted molar refractivity (Wildman–Crippen MR) is 112 cm³/mol. The number of aromatic nitrogens is 1. The highest BCUT2D eigenvalue weighted by Crippen LogP contribution is 2.30. The fraction of sp³-hybridized carbons (Fsp3) is 0.217. The Morgan fingerprint density at radius 1 is 0.900 bits per heavy atom. The maximum atomic E-state index is 14.0. The maximum Gasteiger partial charge on any atom is 0.255 e. The van der Waals surface area contributed by atoms with E-state index in [1.54, 1.807) is 43.6 Å². The molecule has 30 heavy (non-hydrogen) atoms. The van der Waals surface area contributed by atoms with E-state index in [0.717, 1.165) is 5.56 Å². The second-order valence-electron chi connectivity index (χ2n) is 6.27. The summed E-state index contributed by atoms with van der Waals surface area (Å²) in [4.78, 5) is 16.6. The fourth-order valence-corrected chi connectivity index (χ4v) is 2.73. The minimum atomic E-state index is -0.537. The lowest BCUT2D eigenvalue weighted by Crippen LogP contribution is -2.12. The Kier molecular flexibility index (Phi) is 7.21. The quantitative estimate of drug-likeness (QED) is 0.546. The van der Waals surface area contributed by atoms with Crippen molar-refractivity contribution in [2.75, 3.05) is 18.5 Å². The molecule has 1 amide bonds. The van der Waals surface area contributed by atoms with Crippen molar-refractivity contribution >= 4 is 11.6 Å². The van der Waals surface area contributed by atoms with Gasteiger partial charge in [0.05, 0.1) is 13.2 Å². The third kappa shape index (κ3) is 5.47. The van der Waals surface area contributed by atoms with E-state index in [9.17, 15) is 9.18 Å². The zero-order valence-corrected chi connectivity index (χ0v) is 16.9.